The van der Waals surface area contributed by atoms with Crippen LogP contribution in [0.3, 0.4) is 0 Å². The van der Waals surface area contributed by atoms with Gasteiger partial charge in [-0.05, 0) is 39.4 Å². The van der Waals surface area contributed by atoms with Crippen LogP contribution in [0.1, 0.15) is 41.0 Å². The maximum Gasteiger partial charge on any atom is 0.408 e. The third kappa shape index (κ3) is 8.44. The van der Waals surface area contributed by atoms with Crippen molar-refractivity contribution in [3.8, 4) is 0 Å². The van der Waals surface area contributed by atoms with Crippen molar-refractivity contribution in [1.82, 2.24) is 5.32 Å². The molecule has 0 aromatic carbocycles. The second-order valence-corrected chi connectivity index (χ2v) is 6.90. The number of ether oxygens (including phenoxy) is 1. The van der Waals surface area contributed by atoms with E-state index in [0.717, 1.165) is 10.6 Å². The standard InChI is InChI=1S/C12H23NO2S2/c1-8(2)7-9(10(16)17-6)13-11(14)15-12(3,4)5/h8-9H,7H2,1-6H3,(H,13,14)/t9-/m0/s1. The Morgan fingerprint density at radius 3 is 2.29 bits per heavy atom. The highest BCUT2D eigenvalue weighted by Gasteiger charge is 2.22. The molecule has 0 aliphatic carbocycles. The molecule has 0 aromatic heterocycles. The molecule has 0 saturated carbocycles. The number of thioether (sulfide) groups is 1. The van der Waals surface area contributed by atoms with Gasteiger partial charge in [0.05, 0.1) is 10.2 Å². The van der Waals surface area contributed by atoms with E-state index in [1.165, 1.54) is 11.8 Å². The number of nitrogens with one attached hydrogen (secondary N) is 1. The maximum absolute atomic E-state index is 11.7. The molecule has 0 fully saturated rings. The van der Waals surface area contributed by atoms with Crippen molar-refractivity contribution in [2.45, 2.75) is 52.7 Å². The summed E-state index contributed by atoms with van der Waals surface area (Å²) in [5, 5.41) is 2.83. The number of hydrogen-bond donors (Lipinski definition) is 1. The number of thiocarbonyl (C=S) groups is 1. The fourth-order valence-electron chi connectivity index (χ4n) is 1.28. The van der Waals surface area contributed by atoms with Crippen LogP contribution in [0.15, 0.2) is 0 Å². The molecule has 5 heteroatoms. The molecule has 0 unspecified atom stereocenters. The normalized spacial score (nSPS) is 13.4. The number of amides is 1. The third-order valence-electron chi connectivity index (χ3n) is 1.88. The van der Waals surface area contributed by atoms with Crippen molar-refractivity contribution in [3.63, 3.8) is 0 Å². The van der Waals surface area contributed by atoms with Crippen LogP contribution in [-0.2, 0) is 4.74 Å². The molecule has 17 heavy (non-hydrogen) atoms. The monoisotopic (exact) mass is 277 g/mol. The molecule has 0 spiro atoms. The lowest BCUT2D eigenvalue weighted by Crippen LogP contribution is -2.42. The SMILES string of the molecule is CSC(=S)[C@H](CC(C)C)NC(=O)OC(C)(C)C. The highest BCUT2D eigenvalue weighted by Crippen LogP contribution is 2.14. The van der Waals surface area contributed by atoms with Gasteiger partial charge in [0.1, 0.15) is 5.60 Å². The Kier molecular flexibility index (Phi) is 7.09. The molecule has 0 rings (SSSR count). The van der Waals surface area contributed by atoms with Crippen LogP contribution in [-0.4, -0.2) is 28.2 Å². The van der Waals surface area contributed by atoms with E-state index in [1.54, 1.807) is 0 Å². The molecular formula is C12H23NO2S2. The molecule has 0 radical (unpaired) electrons. The first-order valence-corrected chi connectivity index (χ1v) is 7.36. The number of carbonyl (C=O) groups is 1. The number of hydrogen-bond acceptors (Lipinski definition) is 4. The molecule has 1 amide bonds. The van der Waals surface area contributed by atoms with Crippen molar-refractivity contribution in [2.75, 3.05) is 6.26 Å². The predicted octanol–water partition coefficient (Wildman–Crippen LogP) is 3.62. The van der Waals surface area contributed by atoms with Gasteiger partial charge in [-0.25, -0.2) is 4.79 Å². The number of carbonyl (C=O) groups excluding carboxylic acids is 1. The van der Waals surface area contributed by atoms with Crippen molar-refractivity contribution >= 4 is 34.3 Å². The zero-order chi connectivity index (χ0) is 13.6. The molecule has 0 saturated heterocycles. The molecule has 0 aromatic rings. The van der Waals surface area contributed by atoms with Gasteiger partial charge in [-0.15, -0.1) is 11.8 Å². The summed E-state index contributed by atoms with van der Waals surface area (Å²) in [6.07, 6.45) is 2.35. The second-order valence-electron chi connectivity index (χ2n) is 5.35. The molecule has 1 N–H and O–H groups in total. The smallest absolute Gasteiger partial charge is 0.408 e. The van der Waals surface area contributed by atoms with Gasteiger partial charge in [0.2, 0.25) is 0 Å². The average molecular weight is 277 g/mol. The first kappa shape index (κ1) is 16.7. The molecule has 1 atom stereocenters. The van der Waals surface area contributed by atoms with Crippen LogP contribution in [0.5, 0.6) is 0 Å². The van der Waals surface area contributed by atoms with Gasteiger partial charge in [-0.2, -0.15) is 0 Å². The summed E-state index contributed by atoms with van der Waals surface area (Å²) in [4.78, 5) is 11.7. The van der Waals surface area contributed by atoms with Gasteiger partial charge in [0.25, 0.3) is 0 Å². The van der Waals surface area contributed by atoms with Crippen LogP contribution in [0.4, 0.5) is 4.79 Å². The summed E-state index contributed by atoms with van der Waals surface area (Å²) in [7, 11) is 0. The van der Waals surface area contributed by atoms with E-state index in [2.05, 4.69) is 19.2 Å². The van der Waals surface area contributed by atoms with Gasteiger partial charge in [0, 0.05) is 0 Å². The van der Waals surface area contributed by atoms with Gasteiger partial charge < -0.3 is 10.1 Å². The Morgan fingerprint density at radius 2 is 1.94 bits per heavy atom. The lowest BCUT2D eigenvalue weighted by molar-refractivity contribution is 0.0515. The van der Waals surface area contributed by atoms with E-state index in [9.17, 15) is 4.79 Å². The largest absolute Gasteiger partial charge is 0.444 e. The highest BCUT2D eigenvalue weighted by molar-refractivity contribution is 8.22. The quantitative estimate of drug-likeness (QED) is 0.797. The molecule has 0 heterocycles. The van der Waals surface area contributed by atoms with E-state index in [0.29, 0.717) is 5.92 Å². The Hall–Kier alpha value is -0.290. The predicted molar refractivity (Wildman–Crippen MR) is 78.7 cm³/mol. The van der Waals surface area contributed by atoms with Crippen LogP contribution in [0.2, 0.25) is 0 Å². The van der Waals surface area contributed by atoms with E-state index < -0.39 is 11.7 Å². The van der Waals surface area contributed by atoms with Crippen molar-refractivity contribution in [2.24, 2.45) is 5.92 Å². The summed E-state index contributed by atoms with van der Waals surface area (Å²) < 4.78 is 6.02. The van der Waals surface area contributed by atoms with Crippen molar-refractivity contribution < 1.29 is 9.53 Å². The molecule has 100 valence electrons. The molecular weight excluding hydrogens is 254 g/mol. The van der Waals surface area contributed by atoms with E-state index in [-0.39, 0.29) is 6.04 Å². The summed E-state index contributed by atoms with van der Waals surface area (Å²) in [6.45, 7) is 9.74. The summed E-state index contributed by atoms with van der Waals surface area (Å²) in [6, 6.07) is -0.102. The van der Waals surface area contributed by atoms with E-state index in [4.69, 9.17) is 17.0 Å². The Balaban J connectivity index is 4.43. The molecule has 0 bridgehead atoms. The zero-order valence-electron chi connectivity index (χ0n) is 11.5. The fourth-order valence-corrected chi connectivity index (χ4v) is 1.87. The summed E-state index contributed by atoms with van der Waals surface area (Å²) in [5.74, 6) is 0.472. The van der Waals surface area contributed by atoms with Crippen molar-refractivity contribution in [1.29, 1.82) is 0 Å². The molecule has 0 aliphatic rings. The number of rotatable bonds is 4. The van der Waals surface area contributed by atoms with Crippen LogP contribution in [0.25, 0.3) is 0 Å². The van der Waals surface area contributed by atoms with Crippen LogP contribution >= 0.6 is 24.0 Å². The topological polar surface area (TPSA) is 38.3 Å². The summed E-state index contributed by atoms with van der Waals surface area (Å²) >= 11 is 6.74. The zero-order valence-corrected chi connectivity index (χ0v) is 13.1. The number of alkyl carbamates (subject to hydrolysis) is 1. The maximum atomic E-state index is 11.7. The van der Waals surface area contributed by atoms with Gasteiger partial charge >= 0.3 is 6.09 Å². The second kappa shape index (κ2) is 7.21. The van der Waals surface area contributed by atoms with Crippen LogP contribution < -0.4 is 5.32 Å². The van der Waals surface area contributed by atoms with Gasteiger partial charge in [-0.3, -0.25) is 0 Å². The lowest BCUT2D eigenvalue weighted by Gasteiger charge is -2.24. The first-order valence-electron chi connectivity index (χ1n) is 5.73. The fraction of sp³-hybridized carbons (Fsp3) is 0.833. The van der Waals surface area contributed by atoms with E-state index in [1.807, 2.05) is 27.0 Å². The first-order chi connectivity index (χ1) is 7.65. The average Bonchev–Trinajstić information content (AvgIpc) is 2.11. The highest BCUT2D eigenvalue weighted by atomic mass is 32.2. The van der Waals surface area contributed by atoms with E-state index >= 15 is 0 Å². The minimum Gasteiger partial charge on any atom is -0.444 e. The van der Waals surface area contributed by atoms with Gasteiger partial charge in [-0.1, -0.05) is 26.1 Å². The van der Waals surface area contributed by atoms with Crippen LogP contribution in [0, 0.1) is 5.92 Å². The Bertz CT molecular complexity index is 272. The minimum absolute atomic E-state index is 0.102. The Morgan fingerprint density at radius 1 is 1.41 bits per heavy atom. The van der Waals surface area contributed by atoms with Crippen molar-refractivity contribution in [3.05, 3.63) is 0 Å². The lowest BCUT2D eigenvalue weighted by atomic mass is 10.1. The van der Waals surface area contributed by atoms with Gasteiger partial charge in [0.15, 0.2) is 0 Å². The molecule has 0 aliphatic heterocycles. The summed E-state index contributed by atoms with van der Waals surface area (Å²) in [5.41, 5.74) is -0.479. The minimum atomic E-state index is -0.479. The molecule has 3 nitrogen and oxygen atoms in total. The Labute approximate surface area is 114 Å². The third-order valence-corrected chi connectivity index (χ3v) is 3.36.